The van der Waals surface area contributed by atoms with Gasteiger partial charge in [-0.25, -0.2) is 4.99 Å². The topological polar surface area (TPSA) is 90.6 Å². The molecule has 0 bridgehead atoms. The third-order valence-electron chi connectivity index (χ3n) is 4.15. The van der Waals surface area contributed by atoms with Gasteiger partial charge in [0, 0.05) is 5.56 Å². The van der Waals surface area contributed by atoms with Crippen molar-refractivity contribution in [1.29, 1.82) is 5.26 Å². The molecule has 0 N–H and O–H groups in total. The predicted octanol–water partition coefficient (Wildman–Crippen LogP) is 2.27. The summed E-state index contributed by atoms with van der Waals surface area (Å²) >= 11 is 0. The van der Waals surface area contributed by atoms with Crippen LogP contribution in [0.2, 0.25) is 0 Å². The van der Waals surface area contributed by atoms with E-state index >= 15 is 0 Å². The molecule has 0 spiro atoms. The Bertz CT molecular complexity index is 746. The van der Waals surface area contributed by atoms with Crippen molar-refractivity contribution < 1.29 is 14.4 Å². The molecular weight excluding hydrogens is 294 g/mol. The highest BCUT2D eigenvalue weighted by molar-refractivity contribution is 6.49. The fraction of sp³-hybridized carbons (Fsp3) is 0.353. The molecule has 1 aromatic carbocycles. The van der Waals surface area contributed by atoms with Crippen LogP contribution in [0.5, 0.6) is 0 Å². The van der Waals surface area contributed by atoms with Crippen molar-refractivity contribution in [2.45, 2.75) is 32.7 Å². The number of likely N-dealkylation sites (tertiary alicyclic amines) is 1. The number of carbonyl (C=O) groups excluding carboxylic acids is 3. The van der Waals surface area contributed by atoms with Crippen LogP contribution in [-0.2, 0) is 9.59 Å². The molecule has 0 radical (unpaired) electrons. The van der Waals surface area contributed by atoms with Crippen LogP contribution in [0, 0.1) is 17.2 Å². The van der Waals surface area contributed by atoms with E-state index in [-0.39, 0.29) is 18.1 Å². The van der Waals surface area contributed by atoms with Crippen LogP contribution in [0.3, 0.4) is 0 Å². The van der Waals surface area contributed by atoms with Crippen LogP contribution in [-0.4, -0.2) is 34.3 Å². The van der Waals surface area contributed by atoms with Gasteiger partial charge in [-0.2, -0.15) is 5.26 Å². The molecule has 1 fully saturated rings. The molecule has 6 nitrogen and oxygen atoms in total. The smallest absolute Gasteiger partial charge is 0.276 e. The Balaban J connectivity index is 2.45. The van der Waals surface area contributed by atoms with Crippen LogP contribution in [0.15, 0.2) is 29.3 Å². The normalized spacial score (nSPS) is 19.1. The molecule has 6 heteroatoms. The van der Waals surface area contributed by atoms with Crippen molar-refractivity contribution >= 4 is 29.5 Å². The lowest BCUT2D eigenvalue weighted by molar-refractivity contribution is -0.143. The van der Waals surface area contributed by atoms with Gasteiger partial charge < -0.3 is 0 Å². The molecule has 1 heterocycles. The molecule has 1 atom stereocenters. The monoisotopic (exact) mass is 311 g/mol. The van der Waals surface area contributed by atoms with E-state index in [0.29, 0.717) is 17.5 Å². The van der Waals surface area contributed by atoms with E-state index in [1.165, 1.54) is 0 Å². The van der Waals surface area contributed by atoms with Crippen molar-refractivity contribution in [3.63, 3.8) is 0 Å². The Morgan fingerprint density at radius 3 is 2.57 bits per heavy atom. The average Bonchev–Trinajstić information content (AvgIpc) is 2.81. The maximum absolute atomic E-state index is 12.6. The Labute approximate surface area is 134 Å². The van der Waals surface area contributed by atoms with Crippen LogP contribution in [0.1, 0.15) is 37.6 Å². The summed E-state index contributed by atoms with van der Waals surface area (Å²) in [4.78, 5) is 41.0. The number of para-hydroxylation sites is 1. The van der Waals surface area contributed by atoms with Crippen molar-refractivity contribution in [3.05, 3.63) is 29.8 Å². The quantitative estimate of drug-likeness (QED) is 0.630. The lowest BCUT2D eigenvalue weighted by Gasteiger charge is -2.33. The van der Waals surface area contributed by atoms with E-state index in [9.17, 15) is 19.6 Å². The minimum atomic E-state index is -1.23. The molecule has 2 rings (SSSR count). The Kier molecular flexibility index (Phi) is 4.41. The van der Waals surface area contributed by atoms with Gasteiger partial charge in [-0.3, -0.25) is 19.3 Å². The highest BCUT2D eigenvalue weighted by Crippen LogP contribution is 2.30. The first-order chi connectivity index (χ1) is 10.8. The van der Waals surface area contributed by atoms with Crippen LogP contribution in [0.25, 0.3) is 0 Å². The Morgan fingerprint density at radius 2 is 2.00 bits per heavy atom. The molecule has 0 aromatic heterocycles. The summed E-state index contributed by atoms with van der Waals surface area (Å²) in [6, 6.07) is 8.62. The summed E-state index contributed by atoms with van der Waals surface area (Å²) in [5.74, 6) is -1.24. The zero-order valence-electron chi connectivity index (χ0n) is 13.2. The zero-order chi connectivity index (χ0) is 17.2. The van der Waals surface area contributed by atoms with Crippen molar-refractivity contribution in [3.8, 4) is 6.07 Å². The molecule has 1 saturated heterocycles. The van der Waals surface area contributed by atoms with Gasteiger partial charge in [-0.05, 0) is 25.0 Å². The third-order valence-corrected chi connectivity index (χ3v) is 4.15. The molecule has 1 aliphatic rings. The fourth-order valence-electron chi connectivity index (χ4n) is 2.37. The first-order valence-electron chi connectivity index (χ1n) is 7.25. The fourth-order valence-corrected chi connectivity index (χ4v) is 2.37. The van der Waals surface area contributed by atoms with E-state index in [0.717, 1.165) is 4.90 Å². The van der Waals surface area contributed by atoms with E-state index in [1.807, 2.05) is 0 Å². The number of imide groups is 1. The maximum atomic E-state index is 12.6. The van der Waals surface area contributed by atoms with E-state index in [2.05, 4.69) is 11.1 Å². The van der Waals surface area contributed by atoms with Gasteiger partial charge in [0.1, 0.15) is 11.3 Å². The number of amides is 2. The number of aliphatic imine (C=N–C) groups is 1. The molecule has 0 saturated carbocycles. The lowest BCUT2D eigenvalue weighted by Crippen LogP contribution is -2.52. The number of aldehydes is 1. The minimum Gasteiger partial charge on any atom is -0.298 e. The number of hydrogen-bond donors (Lipinski definition) is 0. The number of hydrogen-bond acceptors (Lipinski definition) is 5. The van der Waals surface area contributed by atoms with Gasteiger partial charge in [-0.15, -0.1) is 0 Å². The predicted molar refractivity (Wildman–Crippen MR) is 84.3 cm³/mol. The van der Waals surface area contributed by atoms with Gasteiger partial charge in [0.25, 0.3) is 5.91 Å². The highest BCUT2D eigenvalue weighted by Gasteiger charge is 2.48. The summed E-state index contributed by atoms with van der Waals surface area (Å²) in [6.07, 6.45) is 0.474. The first-order valence-corrected chi connectivity index (χ1v) is 7.25. The Morgan fingerprint density at radius 1 is 1.35 bits per heavy atom. The Hall–Kier alpha value is -2.81. The molecule has 1 aromatic rings. The second-order valence-electron chi connectivity index (χ2n) is 5.86. The summed E-state index contributed by atoms with van der Waals surface area (Å²) in [5.41, 5.74) is -0.504. The van der Waals surface area contributed by atoms with Crippen LogP contribution in [0.4, 0.5) is 5.69 Å². The third kappa shape index (κ3) is 2.78. The van der Waals surface area contributed by atoms with Gasteiger partial charge in [0.15, 0.2) is 6.29 Å². The summed E-state index contributed by atoms with van der Waals surface area (Å²) in [5, 5.41) is 9.43. The molecule has 1 aliphatic heterocycles. The second kappa shape index (κ2) is 6.13. The number of rotatable bonds is 4. The summed E-state index contributed by atoms with van der Waals surface area (Å²) in [6.45, 7) is 5.12. The van der Waals surface area contributed by atoms with Gasteiger partial charge in [0.05, 0.1) is 18.2 Å². The molecule has 23 heavy (non-hydrogen) atoms. The van der Waals surface area contributed by atoms with Crippen LogP contribution >= 0.6 is 0 Å². The van der Waals surface area contributed by atoms with Crippen molar-refractivity contribution in [2.24, 2.45) is 10.9 Å². The van der Waals surface area contributed by atoms with Gasteiger partial charge in [-0.1, -0.05) is 26.0 Å². The standard InChI is InChI=1S/C17H17N3O3/c1-11(2)17(3,10-18)20-15(22)8-14(16(20)23)19-13-7-5-4-6-12(13)9-21/h4-7,9,11H,8H2,1-3H3. The molecule has 2 amide bonds. The highest BCUT2D eigenvalue weighted by atomic mass is 16.2. The second-order valence-corrected chi connectivity index (χ2v) is 5.86. The number of carbonyl (C=O) groups is 3. The summed E-state index contributed by atoms with van der Waals surface area (Å²) in [7, 11) is 0. The minimum absolute atomic E-state index is 0.0476. The largest absolute Gasteiger partial charge is 0.298 e. The molecule has 0 aliphatic carbocycles. The van der Waals surface area contributed by atoms with Crippen molar-refractivity contribution in [2.75, 3.05) is 0 Å². The molecule has 118 valence electrons. The summed E-state index contributed by atoms with van der Waals surface area (Å²) < 4.78 is 0. The van der Waals surface area contributed by atoms with E-state index in [4.69, 9.17) is 0 Å². The average molecular weight is 311 g/mol. The van der Waals surface area contributed by atoms with Gasteiger partial charge in [0.2, 0.25) is 5.91 Å². The lowest BCUT2D eigenvalue weighted by atomic mass is 9.88. The first kappa shape index (κ1) is 16.6. The van der Waals surface area contributed by atoms with Crippen molar-refractivity contribution in [1.82, 2.24) is 4.90 Å². The van der Waals surface area contributed by atoms with Crippen LogP contribution < -0.4 is 0 Å². The van der Waals surface area contributed by atoms with Gasteiger partial charge >= 0.3 is 0 Å². The van der Waals surface area contributed by atoms with E-state index < -0.39 is 17.4 Å². The maximum Gasteiger partial charge on any atom is 0.276 e. The van der Waals surface area contributed by atoms with E-state index in [1.54, 1.807) is 45.0 Å². The molecular formula is C17H17N3O3. The zero-order valence-corrected chi connectivity index (χ0v) is 13.2. The number of nitriles is 1. The number of nitrogens with zero attached hydrogens (tertiary/aromatic N) is 3. The number of benzene rings is 1. The SMILES string of the molecule is CC(C)C(C)(C#N)N1C(=O)CC(=Nc2ccccc2C=O)C1=O. The molecule has 1 unspecified atom stereocenters.